The Morgan fingerprint density at radius 2 is 1.66 bits per heavy atom. The standard InChI is InChI=1S/C41H47F3N4O4S/c1-27(2)52-35-25-34-32(24-36(35)53(3,50)51)37(39(49)46-40(17-18-40)29-12-6-4-7-13-29)33(38(45-34)28-11-10-14-30(23-28)41(42,43)44)26-47-21-15-31(16-22-47)48-19-8-5-9-20-48/h4,6-7,10-14,23-25,27,31H,5,8-9,15-22,26H2,1-3H3,(H,46,49). The Balaban J connectivity index is 1.41. The van der Waals surface area contributed by atoms with Crippen LogP contribution in [0.15, 0.2) is 71.6 Å². The first-order valence-corrected chi connectivity index (χ1v) is 20.5. The van der Waals surface area contributed by atoms with E-state index in [-0.39, 0.29) is 45.6 Å². The molecule has 1 aromatic heterocycles. The molecule has 0 unspecified atom stereocenters. The Kier molecular flexibility index (Phi) is 10.3. The van der Waals surface area contributed by atoms with E-state index in [0.717, 1.165) is 63.0 Å². The van der Waals surface area contributed by atoms with Gasteiger partial charge in [0, 0.05) is 41.4 Å². The van der Waals surface area contributed by atoms with Crippen LogP contribution in [0.1, 0.15) is 85.8 Å². The first-order chi connectivity index (χ1) is 25.2. The lowest BCUT2D eigenvalue weighted by Gasteiger charge is -2.40. The SMILES string of the molecule is CC(C)Oc1cc2nc(-c3cccc(C(F)(F)F)c3)c(CN3CCC(N4CCCCC4)CC3)c(C(=O)NC3(c4ccccc4)CC3)c2cc1S(C)(=O)=O. The molecule has 3 aliphatic rings. The van der Waals surface area contributed by atoms with Gasteiger partial charge in [0.05, 0.1) is 34.0 Å². The van der Waals surface area contributed by atoms with Crippen molar-refractivity contribution in [3.63, 3.8) is 0 Å². The summed E-state index contributed by atoms with van der Waals surface area (Å²) in [7, 11) is -3.84. The molecule has 1 N–H and O–H groups in total. The van der Waals surface area contributed by atoms with Gasteiger partial charge in [0.15, 0.2) is 9.84 Å². The van der Waals surface area contributed by atoms with Gasteiger partial charge in [-0.3, -0.25) is 9.69 Å². The number of aromatic nitrogens is 1. The molecule has 3 heterocycles. The highest BCUT2D eigenvalue weighted by Gasteiger charge is 2.46. The van der Waals surface area contributed by atoms with E-state index >= 15 is 0 Å². The van der Waals surface area contributed by atoms with Gasteiger partial charge in [-0.2, -0.15) is 13.2 Å². The van der Waals surface area contributed by atoms with Crippen molar-refractivity contribution in [3.8, 4) is 17.0 Å². The summed E-state index contributed by atoms with van der Waals surface area (Å²) in [6.07, 6.45) is 3.07. The highest BCUT2D eigenvalue weighted by molar-refractivity contribution is 7.90. The van der Waals surface area contributed by atoms with Crippen molar-refractivity contribution in [2.45, 2.75) is 94.1 Å². The Bertz CT molecular complexity index is 2090. The summed E-state index contributed by atoms with van der Waals surface area (Å²) >= 11 is 0. The van der Waals surface area contributed by atoms with E-state index in [0.29, 0.717) is 29.8 Å². The Labute approximate surface area is 309 Å². The molecule has 0 atom stereocenters. The predicted octanol–water partition coefficient (Wildman–Crippen LogP) is 7.98. The number of amides is 1. The maximum Gasteiger partial charge on any atom is 0.416 e. The first kappa shape index (κ1) is 37.3. The molecule has 1 saturated carbocycles. The van der Waals surface area contributed by atoms with E-state index in [2.05, 4.69) is 15.1 Å². The van der Waals surface area contributed by atoms with Gasteiger partial charge in [0.25, 0.3) is 5.91 Å². The molecule has 2 aliphatic heterocycles. The fraction of sp³-hybridized carbons (Fsp3) is 0.463. The van der Waals surface area contributed by atoms with Crippen molar-refractivity contribution in [1.82, 2.24) is 20.1 Å². The second kappa shape index (κ2) is 14.7. The number of carbonyl (C=O) groups excluding carboxylic acids is 1. The number of sulfone groups is 1. The monoisotopic (exact) mass is 748 g/mol. The Hall–Kier alpha value is -4.00. The number of piperidine rings is 2. The Morgan fingerprint density at radius 3 is 2.28 bits per heavy atom. The van der Waals surface area contributed by atoms with Crippen molar-refractivity contribution < 1.29 is 31.1 Å². The number of nitrogens with one attached hydrogen (secondary N) is 1. The van der Waals surface area contributed by atoms with Crippen LogP contribution in [-0.2, 0) is 28.1 Å². The second-order valence-electron chi connectivity index (χ2n) is 15.2. The highest BCUT2D eigenvalue weighted by Crippen LogP contribution is 2.46. The van der Waals surface area contributed by atoms with E-state index in [1.165, 1.54) is 37.5 Å². The van der Waals surface area contributed by atoms with Gasteiger partial charge in [-0.15, -0.1) is 0 Å². The van der Waals surface area contributed by atoms with E-state index in [9.17, 15) is 26.4 Å². The van der Waals surface area contributed by atoms with E-state index in [4.69, 9.17) is 9.72 Å². The third-order valence-corrected chi connectivity index (χ3v) is 12.0. The van der Waals surface area contributed by atoms with Crippen LogP contribution in [0.2, 0.25) is 0 Å². The smallest absolute Gasteiger partial charge is 0.416 e. The minimum atomic E-state index is -4.60. The number of ether oxygens (including phenoxy) is 1. The number of carbonyl (C=O) groups is 1. The van der Waals surface area contributed by atoms with Gasteiger partial charge < -0.3 is 15.0 Å². The molecule has 0 spiro atoms. The molecule has 1 amide bonds. The van der Waals surface area contributed by atoms with Crippen molar-refractivity contribution >= 4 is 26.6 Å². The molecular weight excluding hydrogens is 702 g/mol. The molecule has 1 aliphatic carbocycles. The van der Waals surface area contributed by atoms with E-state index in [1.807, 2.05) is 30.3 Å². The largest absolute Gasteiger partial charge is 0.490 e. The maximum absolute atomic E-state index is 14.9. The molecule has 53 heavy (non-hydrogen) atoms. The second-order valence-corrected chi connectivity index (χ2v) is 17.1. The van der Waals surface area contributed by atoms with E-state index < -0.39 is 33.0 Å². The lowest BCUT2D eigenvalue weighted by molar-refractivity contribution is -0.137. The number of benzene rings is 3. The summed E-state index contributed by atoms with van der Waals surface area (Å²) < 4.78 is 74.8. The van der Waals surface area contributed by atoms with Crippen molar-refractivity contribution in [2.75, 3.05) is 32.4 Å². The van der Waals surface area contributed by atoms with Crippen LogP contribution in [0.5, 0.6) is 5.75 Å². The van der Waals surface area contributed by atoms with Crippen LogP contribution < -0.4 is 10.1 Å². The number of halogens is 3. The van der Waals surface area contributed by atoms with Gasteiger partial charge in [-0.05, 0) is 102 Å². The third kappa shape index (κ3) is 8.10. The van der Waals surface area contributed by atoms with Gasteiger partial charge >= 0.3 is 6.18 Å². The number of pyridine rings is 1. The average molecular weight is 749 g/mol. The molecule has 3 fully saturated rings. The number of hydrogen-bond donors (Lipinski definition) is 1. The van der Waals surface area contributed by atoms with Crippen LogP contribution in [0.25, 0.3) is 22.2 Å². The molecular formula is C41H47F3N4O4S. The number of nitrogens with zero attached hydrogens (tertiary/aromatic N) is 3. The minimum absolute atomic E-state index is 0.0688. The summed E-state index contributed by atoms with van der Waals surface area (Å²) in [6.45, 7) is 7.47. The van der Waals surface area contributed by atoms with Gasteiger partial charge in [0.1, 0.15) is 10.6 Å². The number of rotatable bonds is 10. The van der Waals surface area contributed by atoms with Crippen LogP contribution >= 0.6 is 0 Å². The molecule has 8 nitrogen and oxygen atoms in total. The molecule has 0 bridgehead atoms. The quantitative estimate of drug-likeness (QED) is 0.176. The third-order valence-electron chi connectivity index (χ3n) is 10.9. The van der Waals surface area contributed by atoms with Crippen LogP contribution in [0, 0.1) is 0 Å². The fourth-order valence-corrected chi connectivity index (χ4v) is 8.84. The normalized spacial score (nSPS) is 18.7. The number of hydrogen-bond acceptors (Lipinski definition) is 7. The fourth-order valence-electron chi connectivity index (χ4n) is 8.04. The number of alkyl halides is 3. The molecule has 0 radical (unpaired) electrons. The first-order valence-electron chi connectivity index (χ1n) is 18.6. The average Bonchev–Trinajstić information content (AvgIpc) is 3.91. The summed E-state index contributed by atoms with van der Waals surface area (Å²) in [6, 6.07) is 18.1. The topological polar surface area (TPSA) is 91.8 Å². The van der Waals surface area contributed by atoms with Crippen molar-refractivity contribution in [2.24, 2.45) is 0 Å². The molecule has 4 aromatic rings. The molecule has 2 saturated heterocycles. The zero-order valence-electron chi connectivity index (χ0n) is 30.5. The minimum Gasteiger partial charge on any atom is -0.490 e. The van der Waals surface area contributed by atoms with Gasteiger partial charge in [-0.25, -0.2) is 13.4 Å². The highest BCUT2D eigenvalue weighted by atomic mass is 32.2. The molecule has 282 valence electrons. The summed E-state index contributed by atoms with van der Waals surface area (Å²) in [4.78, 5) is 24.6. The summed E-state index contributed by atoms with van der Waals surface area (Å²) in [5.74, 6) is -0.360. The summed E-state index contributed by atoms with van der Waals surface area (Å²) in [5.41, 5.74) is 0.909. The van der Waals surface area contributed by atoms with Crippen molar-refractivity contribution in [1.29, 1.82) is 0 Å². The lowest BCUT2D eigenvalue weighted by Crippen LogP contribution is -2.46. The number of fused-ring (bicyclic) bond motifs is 1. The van der Waals surface area contributed by atoms with Gasteiger partial charge in [0.2, 0.25) is 0 Å². The molecule has 3 aromatic carbocycles. The van der Waals surface area contributed by atoms with Gasteiger partial charge in [-0.1, -0.05) is 48.9 Å². The molecule has 7 rings (SSSR count). The summed E-state index contributed by atoms with van der Waals surface area (Å²) in [5, 5.41) is 3.59. The number of likely N-dealkylation sites (tertiary alicyclic amines) is 2. The van der Waals surface area contributed by atoms with E-state index in [1.54, 1.807) is 19.9 Å². The van der Waals surface area contributed by atoms with Crippen LogP contribution in [-0.4, -0.2) is 73.7 Å². The molecule has 12 heteroatoms. The van der Waals surface area contributed by atoms with Crippen LogP contribution in [0.3, 0.4) is 0 Å². The predicted molar refractivity (Wildman–Crippen MR) is 200 cm³/mol. The zero-order chi connectivity index (χ0) is 37.5. The van der Waals surface area contributed by atoms with Crippen LogP contribution in [0.4, 0.5) is 13.2 Å². The van der Waals surface area contributed by atoms with Crippen molar-refractivity contribution in [3.05, 3.63) is 89.0 Å². The lowest BCUT2D eigenvalue weighted by atomic mass is 9.93. The maximum atomic E-state index is 14.9. The Morgan fingerprint density at radius 1 is 0.962 bits per heavy atom. The zero-order valence-corrected chi connectivity index (χ0v) is 31.3.